The Balaban J connectivity index is 0. The van der Waals surface area contributed by atoms with Crippen molar-refractivity contribution in [3.63, 3.8) is 0 Å². The minimum atomic E-state index is -0.329. The molecule has 0 heterocycles. The van der Waals surface area contributed by atoms with Crippen LogP contribution in [0.4, 0.5) is 0 Å². The molecule has 0 radical (unpaired) electrons. The molecule has 0 N–H and O–H groups in total. The molecule has 0 fully saturated rings. The van der Waals surface area contributed by atoms with E-state index in [4.69, 9.17) is 0 Å². The Morgan fingerprint density at radius 1 is 1.24 bits per heavy atom. The van der Waals surface area contributed by atoms with Gasteiger partial charge in [0.05, 0.1) is 6.26 Å². The molecule has 0 saturated heterocycles. The van der Waals surface area contributed by atoms with Gasteiger partial charge in [-0.1, -0.05) is 49.6 Å². The van der Waals surface area contributed by atoms with E-state index in [-0.39, 0.29) is 5.97 Å². The van der Waals surface area contributed by atoms with Crippen LogP contribution in [0.3, 0.4) is 0 Å². The van der Waals surface area contributed by atoms with Crippen LogP contribution in [0.2, 0.25) is 0 Å². The summed E-state index contributed by atoms with van der Waals surface area (Å²) in [6, 6.07) is 10.0. The molecule has 1 aromatic carbocycles. The maximum Gasteiger partial charge on any atom is 0.307 e. The predicted molar refractivity (Wildman–Crippen MR) is 78.6 cm³/mol. The summed E-state index contributed by atoms with van der Waals surface area (Å²) < 4.78 is 4.17. The largest absolute Gasteiger partial charge is 0.435 e. The fourth-order valence-corrected chi connectivity index (χ4v) is 0.706. The smallest absolute Gasteiger partial charge is 0.307 e. The molecule has 0 amide bonds. The zero-order valence-electron chi connectivity index (χ0n) is 10.6. The van der Waals surface area contributed by atoms with Crippen molar-refractivity contribution in [3.05, 3.63) is 67.6 Å². The van der Waals surface area contributed by atoms with E-state index >= 15 is 0 Å². The van der Waals surface area contributed by atoms with E-state index in [0.717, 1.165) is 16.5 Å². The summed E-state index contributed by atoms with van der Waals surface area (Å²) in [4.78, 5) is 9.75. The third kappa shape index (κ3) is 16.8. The number of rotatable bonds is 2. The topological polar surface area (TPSA) is 26.3 Å². The summed E-state index contributed by atoms with van der Waals surface area (Å²) in [5.74, 6) is -0.329. The van der Waals surface area contributed by atoms with Crippen molar-refractivity contribution in [1.82, 2.24) is 0 Å². The third-order valence-electron chi connectivity index (χ3n) is 1.28. The van der Waals surface area contributed by atoms with Crippen LogP contribution in [0.5, 0.6) is 0 Å². The molecule has 2 nitrogen and oxygen atoms in total. The van der Waals surface area contributed by atoms with Crippen LogP contribution in [0.1, 0.15) is 12.5 Å². The molecule has 0 aromatic heterocycles. The Hall–Kier alpha value is -1.87. The molecule has 0 unspecified atom stereocenters. The highest BCUT2D eigenvalue weighted by Gasteiger charge is 1.79. The molecule has 0 aliphatic heterocycles. The van der Waals surface area contributed by atoms with Crippen LogP contribution in [0.15, 0.2) is 62.0 Å². The fraction of sp³-hybridized carbons (Fsp3) is 0.0714. The Bertz CT molecular complexity index is 331. The quantitative estimate of drug-likeness (QED) is 0.457. The summed E-state index contributed by atoms with van der Waals surface area (Å²) in [6.07, 6.45) is 2.93. The first-order chi connectivity index (χ1) is 8.12. The molecule has 1 aromatic rings. The molecular weight excluding hydrogens is 228 g/mol. The van der Waals surface area contributed by atoms with Crippen LogP contribution in [0, 0.1) is 0 Å². The van der Waals surface area contributed by atoms with Crippen LogP contribution >= 0.6 is 0 Å². The second kappa shape index (κ2) is 14.1. The van der Waals surface area contributed by atoms with Gasteiger partial charge in [-0.05, 0) is 5.56 Å². The van der Waals surface area contributed by atoms with Gasteiger partial charge in [0.25, 0.3) is 0 Å². The Labute approximate surface area is 107 Å². The molecule has 0 aliphatic rings. The lowest BCUT2D eigenvalue weighted by Gasteiger charge is -1.85. The normalized spacial score (nSPS) is 7.35. The van der Waals surface area contributed by atoms with Crippen molar-refractivity contribution in [2.75, 3.05) is 0 Å². The summed E-state index contributed by atoms with van der Waals surface area (Å²) >= 11 is 0. The molecule has 0 aliphatic carbocycles. The van der Waals surface area contributed by atoms with Crippen molar-refractivity contribution in [2.24, 2.45) is 0 Å². The van der Waals surface area contributed by atoms with Gasteiger partial charge in [0.1, 0.15) is 0 Å². The van der Waals surface area contributed by atoms with E-state index in [2.05, 4.69) is 24.5 Å². The lowest BCUT2D eigenvalue weighted by atomic mass is 10.2. The minimum Gasteiger partial charge on any atom is -0.435 e. The molecule has 1 rings (SSSR count). The molecule has 0 saturated carbocycles. The first kappa shape index (κ1) is 17.5. The number of hydrogen-bond donors (Lipinski definition) is 0. The highest BCUT2D eigenvalue weighted by molar-refractivity contribution is 6.16. The first-order valence-electron chi connectivity index (χ1n) is 5.15. The molecular formula is C14H20O2Si. The number of carbonyl (C=O) groups is 1. The summed E-state index contributed by atoms with van der Waals surface area (Å²) in [5.41, 5.74) is 3.06. The highest BCUT2D eigenvalue weighted by atomic mass is 28.1. The predicted octanol–water partition coefficient (Wildman–Crippen LogP) is 2.52. The number of carbonyl (C=O) groups excluding carboxylic acids is 1. The average molecular weight is 248 g/mol. The van der Waals surface area contributed by atoms with Crippen LogP contribution in [0.25, 0.3) is 6.08 Å². The van der Waals surface area contributed by atoms with Crippen LogP contribution in [-0.2, 0) is 9.53 Å². The van der Waals surface area contributed by atoms with Crippen molar-refractivity contribution in [2.45, 2.75) is 6.92 Å². The number of benzene rings is 1. The lowest BCUT2D eigenvalue weighted by molar-refractivity contribution is -0.135. The fourth-order valence-electron chi connectivity index (χ4n) is 0.706. The van der Waals surface area contributed by atoms with E-state index in [9.17, 15) is 4.79 Å². The Morgan fingerprint density at radius 3 is 1.88 bits per heavy atom. The standard InChI is InChI=1S/C8H8.C4H6O2.C2H6Si/c1-2-8-6-4-3-5-7-8;1-3-6-4(2)5;1-2-3/h2-7H,1H2;3H,1H2,2H3;2H,1H2,3H3. The Morgan fingerprint density at radius 2 is 1.71 bits per heavy atom. The SMILES string of the molecule is C=COC(C)=O.C=C[SiH3].C=Cc1ccccc1. The first-order valence-corrected chi connectivity index (χ1v) is 6.30. The van der Waals surface area contributed by atoms with Crippen molar-refractivity contribution in [1.29, 1.82) is 0 Å². The van der Waals surface area contributed by atoms with Crippen LogP contribution in [-0.4, -0.2) is 16.2 Å². The van der Waals surface area contributed by atoms with Crippen molar-refractivity contribution >= 4 is 22.3 Å². The average Bonchev–Trinajstić information content (AvgIpc) is 2.32. The van der Waals surface area contributed by atoms with E-state index in [1.54, 1.807) is 0 Å². The van der Waals surface area contributed by atoms with Gasteiger partial charge >= 0.3 is 5.97 Å². The highest BCUT2D eigenvalue weighted by Crippen LogP contribution is 1.97. The van der Waals surface area contributed by atoms with Gasteiger partial charge in [-0.15, -0.1) is 12.3 Å². The molecule has 0 bridgehead atoms. The van der Waals surface area contributed by atoms with Crippen LogP contribution < -0.4 is 0 Å². The monoisotopic (exact) mass is 248 g/mol. The lowest BCUT2D eigenvalue weighted by Crippen LogP contribution is -1.87. The van der Waals surface area contributed by atoms with E-state index in [0.29, 0.717) is 0 Å². The van der Waals surface area contributed by atoms with Gasteiger partial charge in [-0.3, -0.25) is 4.79 Å². The van der Waals surface area contributed by atoms with Gasteiger partial charge < -0.3 is 4.74 Å². The minimum absolute atomic E-state index is 0.329. The molecule has 3 heteroatoms. The maximum absolute atomic E-state index is 9.75. The van der Waals surface area contributed by atoms with Gasteiger partial charge in [0.2, 0.25) is 0 Å². The zero-order chi connectivity index (χ0) is 13.5. The molecule has 92 valence electrons. The third-order valence-corrected chi connectivity index (χ3v) is 1.28. The molecule has 0 spiro atoms. The Kier molecular flexibility index (Phi) is 14.6. The number of ether oxygens (including phenoxy) is 1. The van der Waals surface area contributed by atoms with E-state index < -0.39 is 0 Å². The van der Waals surface area contributed by atoms with E-state index in [1.165, 1.54) is 12.5 Å². The van der Waals surface area contributed by atoms with Gasteiger partial charge in [-0.2, -0.15) is 0 Å². The number of esters is 1. The maximum atomic E-state index is 9.75. The zero-order valence-corrected chi connectivity index (χ0v) is 12.6. The second-order valence-electron chi connectivity index (χ2n) is 2.80. The summed E-state index contributed by atoms with van der Waals surface area (Å²) in [7, 11) is 1.13. The second-order valence-corrected chi connectivity index (χ2v) is 3.62. The van der Waals surface area contributed by atoms with Crippen molar-refractivity contribution < 1.29 is 9.53 Å². The van der Waals surface area contributed by atoms with Gasteiger partial charge in [-0.25, -0.2) is 0 Å². The molecule has 0 atom stereocenters. The summed E-state index contributed by atoms with van der Waals surface area (Å²) in [5, 5.41) is 0. The molecule has 17 heavy (non-hydrogen) atoms. The van der Waals surface area contributed by atoms with E-state index in [1.807, 2.05) is 42.1 Å². The summed E-state index contributed by atoms with van der Waals surface area (Å²) in [6.45, 7) is 11.5. The van der Waals surface area contributed by atoms with Gasteiger partial charge in [0, 0.05) is 17.2 Å². The number of hydrogen-bond acceptors (Lipinski definition) is 2. The van der Waals surface area contributed by atoms with Gasteiger partial charge in [0.15, 0.2) is 0 Å². The van der Waals surface area contributed by atoms with Crippen molar-refractivity contribution in [3.8, 4) is 0 Å².